The lowest BCUT2D eigenvalue weighted by atomic mass is 9.89. The Morgan fingerprint density at radius 3 is 2.27 bits per heavy atom. The Kier molecular flexibility index (Phi) is 5.37. The topological polar surface area (TPSA) is 65.2 Å². The molecule has 0 bridgehead atoms. The molecule has 0 aliphatic carbocycles. The fraction of sp³-hybridized carbons (Fsp3) is 0.360. The Labute approximate surface area is 177 Å². The second-order valence-electron chi connectivity index (χ2n) is 9.14. The second kappa shape index (κ2) is 7.98. The van der Waals surface area contributed by atoms with Crippen LogP contribution in [0.2, 0.25) is 0 Å². The zero-order valence-electron chi connectivity index (χ0n) is 17.9. The van der Waals surface area contributed by atoms with Gasteiger partial charge in [0.05, 0.1) is 0 Å². The minimum atomic E-state index is -0.291. The van der Waals surface area contributed by atoms with Crippen LogP contribution in [0.5, 0.6) is 0 Å². The molecule has 0 atom stereocenters. The number of fused-ring (bicyclic) bond motifs is 1. The molecule has 1 fully saturated rings. The van der Waals surface area contributed by atoms with E-state index in [0.29, 0.717) is 17.0 Å². The number of para-hydroxylation sites is 1. The number of carbonyl (C=O) groups is 2. The summed E-state index contributed by atoms with van der Waals surface area (Å²) >= 11 is 0. The van der Waals surface area contributed by atoms with Crippen LogP contribution in [-0.4, -0.2) is 40.3 Å². The van der Waals surface area contributed by atoms with Crippen LogP contribution in [0.25, 0.3) is 10.9 Å². The van der Waals surface area contributed by atoms with E-state index in [2.05, 4.69) is 34.7 Å². The summed E-state index contributed by atoms with van der Waals surface area (Å²) in [6.07, 6.45) is 4.04. The fourth-order valence-corrected chi connectivity index (χ4v) is 4.18. The van der Waals surface area contributed by atoms with Crippen LogP contribution >= 0.6 is 0 Å². The number of hydrogen-bond donors (Lipinski definition) is 2. The maximum atomic E-state index is 12.9. The number of nitrogens with zero attached hydrogens (tertiary/aromatic N) is 1. The van der Waals surface area contributed by atoms with E-state index in [1.165, 1.54) is 16.5 Å². The standard InChI is InChI=1S/C25H29N3O2/c1-25(2,3)27-23(29)18-8-10-19(11-9-18)24(30)28-14-12-17(13-15-28)21-16-26-22-7-5-4-6-20(21)22/h4-11,16-17,26H,12-15H2,1-3H3,(H,27,29). The van der Waals surface area contributed by atoms with Gasteiger partial charge >= 0.3 is 0 Å². The van der Waals surface area contributed by atoms with Crippen molar-refractivity contribution in [3.63, 3.8) is 0 Å². The van der Waals surface area contributed by atoms with Gasteiger partial charge in [0.15, 0.2) is 0 Å². The molecule has 5 nitrogen and oxygen atoms in total. The third-order valence-electron chi connectivity index (χ3n) is 5.73. The summed E-state index contributed by atoms with van der Waals surface area (Å²) in [6, 6.07) is 15.3. The van der Waals surface area contributed by atoms with Gasteiger partial charge in [-0.1, -0.05) is 18.2 Å². The molecule has 1 aliphatic heterocycles. The first kappa shape index (κ1) is 20.2. The predicted octanol–water partition coefficient (Wildman–Crippen LogP) is 4.72. The summed E-state index contributed by atoms with van der Waals surface area (Å²) in [5.41, 5.74) is 3.43. The molecule has 3 aromatic rings. The number of rotatable bonds is 3. The van der Waals surface area contributed by atoms with Gasteiger partial charge in [0, 0.05) is 46.9 Å². The number of carbonyl (C=O) groups excluding carboxylic acids is 2. The van der Waals surface area contributed by atoms with E-state index in [1.807, 2.05) is 31.7 Å². The Balaban J connectivity index is 1.39. The number of aromatic nitrogens is 1. The first-order valence-corrected chi connectivity index (χ1v) is 10.6. The van der Waals surface area contributed by atoms with E-state index in [-0.39, 0.29) is 17.4 Å². The van der Waals surface area contributed by atoms with Gasteiger partial charge in [-0.3, -0.25) is 9.59 Å². The number of piperidine rings is 1. The lowest BCUT2D eigenvalue weighted by Crippen LogP contribution is -2.40. The Morgan fingerprint density at radius 1 is 0.967 bits per heavy atom. The highest BCUT2D eigenvalue weighted by Crippen LogP contribution is 2.33. The van der Waals surface area contributed by atoms with Gasteiger partial charge in [0.2, 0.25) is 0 Å². The van der Waals surface area contributed by atoms with E-state index in [1.54, 1.807) is 24.3 Å². The van der Waals surface area contributed by atoms with Crippen LogP contribution in [0, 0.1) is 0 Å². The fourth-order valence-electron chi connectivity index (χ4n) is 4.18. The summed E-state index contributed by atoms with van der Waals surface area (Å²) in [6.45, 7) is 7.33. The number of aromatic amines is 1. The first-order chi connectivity index (χ1) is 14.3. The van der Waals surface area contributed by atoms with Gasteiger partial charge in [-0.15, -0.1) is 0 Å². The molecule has 0 radical (unpaired) electrons. The molecular formula is C25H29N3O2. The van der Waals surface area contributed by atoms with Crippen LogP contribution in [-0.2, 0) is 0 Å². The molecule has 0 unspecified atom stereocenters. The highest BCUT2D eigenvalue weighted by atomic mass is 16.2. The van der Waals surface area contributed by atoms with E-state index in [4.69, 9.17) is 0 Å². The normalized spacial score (nSPS) is 15.4. The molecule has 2 aromatic carbocycles. The zero-order chi connectivity index (χ0) is 21.3. The minimum absolute atomic E-state index is 0.0372. The summed E-state index contributed by atoms with van der Waals surface area (Å²) in [7, 11) is 0. The summed E-state index contributed by atoms with van der Waals surface area (Å²) in [5, 5.41) is 4.23. The molecule has 156 valence electrons. The molecule has 1 aromatic heterocycles. The van der Waals surface area contributed by atoms with Crippen molar-refractivity contribution < 1.29 is 9.59 Å². The molecular weight excluding hydrogens is 374 g/mol. The highest BCUT2D eigenvalue weighted by molar-refractivity contribution is 5.98. The van der Waals surface area contributed by atoms with Crippen molar-refractivity contribution in [2.45, 2.75) is 45.1 Å². The van der Waals surface area contributed by atoms with Gasteiger partial charge in [-0.25, -0.2) is 0 Å². The van der Waals surface area contributed by atoms with Crippen molar-refractivity contribution >= 4 is 22.7 Å². The third-order valence-corrected chi connectivity index (χ3v) is 5.73. The van der Waals surface area contributed by atoms with Crippen molar-refractivity contribution in [2.24, 2.45) is 0 Å². The van der Waals surface area contributed by atoms with Crippen molar-refractivity contribution in [1.29, 1.82) is 0 Å². The quantitative estimate of drug-likeness (QED) is 0.665. The second-order valence-corrected chi connectivity index (χ2v) is 9.14. The van der Waals surface area contributed by atoms with Gasteiger partial charge in [-0.05, 0) is 75.4 Å². The van der Waals surface area contributed by atoms with Gasteiger partial charge in [0.1, 0.15) is 0 Å². The van der Waals surface area contributed by atoms with Crippen LogP contribution in [0.4, 0.5) is 0 Å². The van der Waals surface area contributed by atoms with Crippen molar-refractivity contribution in [2.75, 3.05) is 13.1 Å². The zero-order valence-corrected chi connectivity index (χ0v) is 17.9. The van der Waals surface area contributed by atoms with E-state index in [0.717, 1.165) is 25.9 Å². The van der Waals surface area contributed by atoms with E-state index in [9.17, 15) is 9.59 Å². The maximum absolute atomic E-state index is 12.9. The SMILES string of the molecule is CC(C)(C)NC(=O)c1ccc(C(=O)N2CCC(c3c[nH]c4ccccc34)CC2)cc1. The monoisotopic (exact) mass is 403 g/mol. The van der Waals surface area contributed by atoms with Crippen molar-refractivity contribution in [1.82, 2.24) is 15.2 Å². The van der Waals surface area contributed by atoms with E-state index >= 15 is 0 Å². The molecule has 1 aliphatic rings. The smallest absolute Gasteiger partial charge is 0.253 e. The van der Waals surface area contributed by atoms with E-state index < -0.39 is 0 Å². The number of hydrogen-bond acceptors (Lipinski definition) is 2. The molecule has 4 rings (SSSR count). The van der Waals surface area contributed by atoms with Crippen LogP contribution in [0.15, 0.2) is 54.7 Å². The molecule has 0 spiro atoms. The van der Waals surface area contributed by atoms with Crippen molar-refractivity contribution in [3.05, 3.63) is 71.4 Å². The van der Waals surface area contributed by atoms with Crippen LogP contribution in [0.1, 0.15) is 65.8 Å². The maximum Gasteiger partial charge on any atom is 0.253 e. The Hall–Kier alpha value is -3.08. The van der Waals surface area contributed by atoms with Gasteiger partial charge in [0.25, 0.3) is 11.8 Å². The average molecular weight is 404 g/mol. The van der Waals surface area contributed by atoms with Crippen molar-refractivity contribution in [3.8, 4) is 0 Å². The molecule has 30 heavy (non-hydrogen) atoms. The number of nitrogens with one attached hydrogen (secondary N) is 2. The first-order valence-electron chi connectivity index (χ1n) is 10.6. The number of likely N-dealkylation sites (tertiary alicyclic amines) is 1. The summed E-state index contributed by atoms with van der Waals surface area (Å²) in [4.78, 5) is 30.5. The van der Waals surface area contributed by atoms with Gasteiger partial charge in [-0.2, -0.15) is 0 Å². The van der Waals surface area contributed by atoms with Crippen LogP contribution in [0.3, 0.4) is 0 Å². The Bertz CT molecular complexity index is 1050. The average Bonchev–Trinajstić information content (AvgIpc) is 3.16. The third kappa shape index (κ3) is 4.25. The molecule has 2 N–H and O–H groups in total. The lowest BCUT2D eigenvalue weighted by Gasteiger charge is -2.32. The number of amides is 2. The minimum Gasteiger partial charge on any atom is -0.361 e. The number of benzene rings is 2. The predicted molar refractivity (Wildman–Crippen MR) is 120 cm³/mol. The summed E-state index contributed by atoms with van der Waals surface area (Å²) in [5.74, 6) is 0.380. The number of H-pyrrole nitrogens is 1. The summed E-state index contributed by atoms with van der Waals surface area (Å²) < 4.78 is 0. The van der Waals surface area contributed by atoms with Gasteiger partial charge < -0.3 is 15.2 Å². The molecule has 0 saturated carbocycles. The molecule has 1 saturated heterocycles. The Morgan fingerprint density at radius 2 is 1.60 bits per heavy atom. The largest absolute Gasteiger partial charge is 0.361 e. The van der Waals surface area contributed by atoms with Crippen LogP contribution < -0.4 is 5.32 Å². The molecule has 2 amide bonds. The molecule has 5 heteroatoms. The highest BCUT2D eigenvalue weighted by Gasteiger charge is 2.26. The lowest BCUT2D eigenvalue weighted by molar-refractivity contribution is 0.0712. The molecule has 2 heterocycles.